The van der Waals surface area contributed by atoms with E-state index in [4.69, 9.17) is 28.9 Å². The molecule has 4 nitrogen and oxygen atoms in total. The molecule has 1 aromatic carbocycles. The Morgan fingerprint density at radius 1 is 1.33 bits per heavy atom. The van der Waals surface area contributed by atoms with Crippen molar-refractivity contribution in [2.45, 2.75) is 0 Å². The fourth-order valence-corrected chi connectivity index (χ4v) is 1.15. The van der Waals surface area contributed by atoms with Gasteiger partial charge in [-0.3, -0.25) is 10.1 Å². The summed E-state index contributed by atoms with van der Waals surface area (Å²) in [4.78, 5) is 9.68. The van der Waals surface area contributed by atoms with Crippen LogP contribution < -0.4 is 5.73 Å². The molecule has 12 heavy (non-hydrogen) atoms. The van der Waals surface area contributed by atoms with Gasteiger partial charge in [0.15, 0.2) is 0 Å². The molecule has 2 N–H and O–H groups in total. The van der Waals surface area contributed by atoms with Crippen LogP contribution in [0.3, 0.4) is 0 Å². The smallest absolute Gasteiger partial charge is 0.272 e. The molecule has 64 valence electrons. The maximum absolute atomic E-state index is 10.3. The molecule has 0 fully saturated rings. The Morgan fingerprint density at radius 2 is 1.75 bits per heavy atom. The Labute approximate surface area is 78.0 Å². The van der Waals surface area contributed by atoms with Gasteiger partial charge in [-0.15, -0.1) is 0 Å². The van der Waals surface area contributed by atoms with Gasteiger partial charge in [0.25, 0.3) is 5.69 Å². The lowest BCUT2D eigenvalue weighted by molar-refractivity contribution is -0.384. The fraction of sp³-hybridized carbons (Fsp3) is 0. The van der Waals surface area contributed by atoms with Crippen LogP contribution in [0.4, 0.5) is 11.4 Å². The second kappa shape index (κ2) is 3.16. The van der Waals surface area contributed by atoms with E-state index in [-0.39, 0.29) is 21.4 Å². The Hall–Kier alpha value is -1.00. The number of hydrogen-bond donors (Lipinski definition) is 1. The van der Waals surface area contributed by atoms with Crippen molar-refractivity contribution in [2.24, 2.45) is 0 Å². The Morgan fingerprint density at radius 3 is 2.08 bits per heavy atom. The maximum Gasteiger partial charge on any atom is 0.272 e. The molecule has 0 saturated carbocycles. The van der Waals surface area contributed by atoms with Crippen LogP contribution in [0.15, 0.2) is 12.1 Å². The molecule has 0 spiro atoms. The van der Waals surface area contributed by atoms with E-state index < -0.39 is 4.92 Å². The molecule has 0 aliphatic heterocycles. The van der Waals surface area contributed by atoms with Gasteiger partial charge in [-0.05, 0) is 0 Å². The van der Waals surface area contributed by atoms with E-state index in [0.29, 0.717) is 0 Å². The summed E-state index contributed by atoms with van der Waals surface area (Å²) in [6, 6.07) is 2.31. The summed E-state index contributed by atoms with van der Waals surface area (Å²) in [7, 11) is 0. The number of anilines is 1. The number of nitrogen functional groups attached to an aromatic ring is 1. The van der Waals surface area contributed by atoms with Gasteiger partial charge in [-0.25, -0.2) is 0 Å². The second-order valence-corrected chi connectivity index (χ2v) is 2.89. The van der Waals surface area contributed by atoms with Crippen LogP contribution in [0.2, 0.25) is 10.0 Å². The van der Waals surface area contributed by atoms with E-state index in [2.05, 4.69) is 0 Å². The molecule has 0 aliphatic rings. The minimum absolute atomic E-state index is 0.0919. The molecular formula is C6H4Cl2N2O2. The van der Waals surface area contributed by atoms with Crippen LogP contribution >= 0.6 is 23.2 Å². The van der Waals surface area contributed by atoms with Crippen molar-refractivity contribution in [1.29, 1.82) is 0 Å². The first kappa shape index (κ1) is 9.09. The second-order valence-electron chi connectivity index (χ2n) is 2.08. The fourth-order valence-electron chi connectivity index (χ4n) is 0.676. The van der Waals surface area contributed by atoms with Gasteiger partial charge in [0.1, 0.15) is 0 Å². The molecule has 0 atom stereocenters. The highest BCUT2D eigenvalue weighted by molar-refractivity contribution is 6.39. The number of hydrogen-bond acceptors (Lipinski definition) is 3. The summed E-state index contributed by atoms with van der Waals surface area (Å²) in [5, 5.41) is 10.4. The Kier molecular flexibility index (Phi) is 2.40. The Bertz CT molecular complexity index is 317. The average molecular weight is 213 g/mol. The van der Waals surface area contributed by atoms with E-state index >= 15 is 0 Å². The van der Waals surface area contributed by atoms with Crippen molar-refractivity contribution in [1.82, 2.24) is 0 Å². The van der Waals surface area contributed by atoms with Crippen LogP contribution in [0.1, 0.15) is 0 Å². The number of nitrogens with zero attached hydrogens (tertiary/aromatic N) is 1. The number of halogens is 2. The van der Waals surface area contributed by atoms with E-state index in [1.165, 1.54) is 0 Å². The monoisotopic (exact) mass is 212 g/mol. The van der Waals surface area contributed by atoms with Gasteiger partial charge in [0.05, 0.1) is 20.7 Å². The molecule has 1 aromatic rings. The van der Waals surface area contributed by atoms with Crippen molar-refractivity contribution >= 4 is 34.6 Å². The van der Waals surface area contributed by atoms with Gasteiger partial charge in [-0.1, -0.05) is 23.2 Å². The summed E-state index contributed by atoms with van der Waals surface area (Å²) in [6.45, 7) is 0. The summed E-state index contributed by atoms with van der Waals surface area (Å²) in [5.41, 5.74) is 5.35. The van der Waals surface area contributed by atoms with E-state index in [0.717, 1.165) is 12.1 Å². The van der Waals surface area contributed by atoms with Crippen molar-refractivity contribution in [3.63, 3.8) is 0 Å². The number of nitrogens with two attached hydrogens (primary N) is 1. The first-order valence-electron chi connectivity index (χ1n) is 2.91. The molecule has 6 heteroatoms. The zero-order valence-electron chi connectivity index (χ0n) is 5.75. The molecule has 0 aromatic heterocycles. The Balaban J connectivity index is 3.31. The molecule has 0 aliphatic carbocycles. The lowest BCUT2D eigenvalue weighted by Gasteiger charge is -1.99. The van der Waals surface area contributed by atoms with Crippen LogP contribution in [0.5, 0.6) is 0 Å². The van der Waals surface area contributed by atoms with Crippen LogP contribution in [0, 0.1) is 10.1 Å². The summed E-state index contributed by atoms with van der Waals surface area (Å²) >= 11 is 11.1. The number of benzene rings is 1. The van der Waals surface area contributed by atoms with Gasteiger partial charge >= 0.3 is 0 Å². The average Bonchev–Trinajstić information content (AvgIpc) is 1.99. The lowest BCUT2D eigenvalue weighted by Crippen LogP contribution is -1.92. The summed E-state index contributed by atoms with van der Waals surface area (Å²) < 4.78 is 0. The van der Waals surface area contributed by atoms with Crippen molar-refractivity contribution in [2.75, 3.05) is 5.73 Å². The summed E-state index contributed by atoms with van der Waals surface area (Å²) in [5.74, 6) is 0. The third-order valence-corrected chi connectivity index (χ3v) is 1.90. The SMILES string of the molecule is N[13c]1[13c](Cl)[13cH][13c]([N+](=O)[O-])[13cH][13c]1Cl. The van der Waals surface area contributed by atoms with Crippen LogP contribution in [-0.2, 0) is 0 Å². The van der Waals surface area contributed by atoms with E-state index in [9.17, 15) is 10.1 Å². The molecule has 0 unspecified atom stereocenters. The maximum atomic E-state index is 10.3. The van der Waals surface area contributed by atoms with E-state index in [1.807, 2.05) is 0 Å². The summed E-state index contributed by atoms with van der Waals surface area (Å²) in [6.07, 6.45) is 0. The van der Waals surface area contributed by atoms with Gasteiger partial charge in [0, 0.05) is 12.1 Å². The minimum Gasteiger partial charge on any atom is -0.396 e. The van der Waals surface area contributed by atoms with Crippen molar-refractivity contribution in [3.05, 3.63) is 32.3 Å². The minimum atomic E-state index is -0.586. The van der Waals surface area contributed by atoms with E-state index in [1.54, 1.807) is 0 Å². The predicted octanol–water partition coefficient (Wildman–Crippen LogP) is 2.48. The highest BCUT2D eigenvalue weighted by atomic mass is 35.5. The first-order chi connectivity index (χ1) is 5.52. The molecule has 0 heterocycles. The molecular weight excluding hydrogens is 209 g/mol. The number of non-ortho nitro benzene ring substituents is 1. The van der Waals surface area contributed by atoms with Crippen molar-refractivity contribution in [3.8, 4) is 0 Å². The molecule has 0 radical (unpaired) electrons. The van der Waals surface area contributed by atoms with Crippen molar-refractivity contribution < 1.29 is 4.92 Å². The predicted molar refractivity (Wildman–Crippen MR) is 47.5 cm³/mol. The lowest BCUT2D eigenvalue weighted by atomic mass is 11.2. The van der Waals surface area contributed by atoms with Gasteiger partial charge < -0.3 is 5.73 Å². The molecule has 0 saturated heterocycles. The zero-order valence-corrected chi connectivity index (χ0v) is 7.26. The molecule has 0 amide bonds. The third-order valence-electron chi connectivity index (χ3n) is 1.27. The largest absolute Gasteiger partial charge is 0.396 e. The highest BCUT2D eigenvalue weighted by Gasteiger charge is 2.11. The van der Waals surface area contributed by atoms with Crippen LogP contribution in [0.25, 0.3) is 0 Å². The number of nitro groups is 1. The van der Waals surface area contributed by atoms with Gasteiger partial charge in [0.2, 0.25) is 0 Å². The quantitative estimate of drug-likeness (QED) is 0.442. The van der Waals surface area contributed by atoms with Crippen LogP contribution in [-0.4, -0.2) is 4.92 Å². The highest BCUT2D eigenvalue weighted by Crippen LogP contribution is 2.31. The molecule has 0 bridgehead atoms. The first-order valence-corrected chi connectivity index (χ1v) is 3.67. The normalized spacial score (nSPS) is 9.83. The topological polar surface area (TPSA) is 69.2 Å². The van der Waals surface area contributed by atoms with Gasteiger partial charge in [-0.2, -0.15) is 0 Å². The molecule has 1 rings (SSSR count). The standard InChI is InChI=1S/C6H4Cl2N2O2/c7-4-1-3(10(11)12)2-5(8)6(4)9/h1-2H,9H2/i1+1,2+1,3+1,4+1,5+1,6+1. The third kappa shape index (κ3) is 1.60. The number of nitro benzene ring substituents is 1. The zero-order chi connectivity index (χ0) is 9.30. The number of rotatable bonds is 1.